The van der Waals surface area contributed by atoms with Gasteiger partial charge in [0.25, 0.3) is 0 Å². The Morgan fingerprint density at radius 1 is 0.783 bits per heavy atom. The number of hydrogen-bond acceptors (Lipinski definition) is 11. The van der Waals surface area contributed by atoms with Crippen molar-refractivity contribution < 1.29 is 44.8 Å². The minimum atomic E-state index is -1.49. The van der Waals surface area contributed by atoms with E-state index in [-0.39, 0.29) is 0 Å². The third kappa shape index (κ3) is 3.65. The highest BCUT2D eigenvalue weighted by molar-refractivity contribution is 4.95. The first-order chi connectivity index (χ1) is 10.8. The van der Waals surface area contributed by atoms with Gasteiger partial charge in [0.15, 0.2) is 12.6 Å². The van der Waals surface area contributed by atoms with E-state index in [0.29, 0.717) is 0 Å². The van der Waals surface area contributed by atoms with Gasteiger partial charge < -0.3 is 56.3 Å². The number of rotatable bonds is 4. The van der Waals surface area contributed by atoms with E-state index in [4.69, 9.17) is 30.8 Å². The number of nitrogens with two attached hydrogens (primary N) is 2. The second-order valence-electron chi connectivity index (χ2n) is 5.70. The third-order valence-corrected chi connectivity index (χ3v) is 4.14. The van der Waals surface area contributed by atoms with Crippen molar-refractivity contribution >= 4 is 0 Å². The van der Waals surface area contributed by atoms with Gasteiger partial charge in [-0.2, -0.15) is 0 Å². The Morgan fingerprint density at radius 2 is 1.39 bits per heavy atom. The molecule has 11 heteroatoms. The van der Waals surface area contributed by atoms with Crippen LogP contribution in [0, 0.1) is 0 Å². The average molecular weight is 340 g/mol. The molecule has 0 radical (unpaired) electrons. The zero-order valence-electron chi connectivity index (χ0n) is 12.3. The lowest BCUT2D eigenvalue weighted by atomic mass is 9.95. The van der Waals surface area contributed by atoms with Crippen LogP contribution in [0.5, 0.6) is 0 Å². The van der Waals surface area contributed by atoms with Crippen LogP contribution in [-0.2, 0) is 14.2 Å². The fourth-order valence-electron chi connectivity index (χ4n) is 2.65. The van der Waals surface area contributed by atoms with E-state index in [1.54, 1.807) is 0 Å². The third-order valence-electron chi connectivity index (χ3n) is 4.14. The lowest BCUT2D eigenvalue weighted by Gasteiger charge is -2.45. The molecule has 2 aliphatic rings. The van der Waals surface area contributed by atoms with Gasteiger partial charge in [0.2, 0.25) is 0 Å². The number of aliphatic hydroxyl groups excluding tert-OH is 6. The molecule has 0 spiro atoms. The predicted molar refractivity (Wildman–Crippen MR) is 72.6 cm³/mol. The quantitative estimate of drug-likeness (QED) is 0.242. The van der Waals surface area contributed by atoms with Crippen LogP contribution in [0.15, 0.2) is 0 Å². The maximum absolute atomic E-state index is 10.1. The SMILES string of the molecule is N[C@H]1[C@H](O[C@H]2[C@H](O)[C@@H](N)C(O)O[C@@H]2CO)O[C@H](CO)[C@@H](O)[C@@H]1O. The molecule has 2 aliphatic heterocycles. The van der Waals surface area contributed by atoms with Crippen LogP contribution >= 0.6 is 0 Å². The summed E-state index contributed by atoms with van der Waals surface area (Å²) in [7, 11) is 0. The highest BCUT2D eigenvalue weighted by Crippen LogP contribution is 2.27. The van der Waals surface area contributed by atoms with E-state index in [0.717, 1.165) is 0 Å². The van der Waals surface area contributed by atoms with Crippen LogP contribution in [0.25, 0.3) is 0 Å². The summed E-state index contributed by atoms with van der Waals surface area (Å²) >= 11 is 0. The molecule has 11 nitrogen and oxygen atoms in total. The fourth-order valence-corrected chi connectivity index (χ4v) is 2.65. The maximum atomic E-state index is 10.1. The standard InChI is InChI=1S/C12H24N2O9/c13-5-9(19)10(4(2-16)21-11(5)20)23-12-6(14)8(18)7(17)3(1-15)22-12/h3-12,15-20H,1-2,13-14H2/t3-,4-,5-,6-,7-,8-,9-,10-,11?,12+/m1/s1. The smallest absolute Gasteiger partial charge is 0.176 e. The molecule has 0 bridgehead atoms. The van der Waals surface area contributed by atoms with E-state index in [1.807, 2.05) is 0 Å². The summed E-state index contributed by atoms with van der Waals surface area (Å²) in [5, 5.41) is 57.7. The highest BCUT2D eigenvalue weighted by atomic mass is 16.7. The lowest BCUT2D eigenvalue weighted by molar-refractivity contribution is -0.324. The van der Waals surface area contributed by atoms with Crippen molar-refractivity contribution in [2.45, 2.75) is 61.3 Å². The van der Waals surface area contributed by atoms with E-state index in [2.05, 4.69) is 0 Å². The van der Waals surface area contributed by atoms with Gasteiger partial charge in [-0.15, -0.1) is 0 Å². The Morgan fingerprint density at radius 3 is 1.96 bits per heavy atom. The van der Waals surface area contributed by atoms with Gasteiger partial charge >= 0.3 is 0 Å². The molecule has 0 amide bonds. The van der Waals surface area contributed by atoms with Crippen molar-refractivity contribution in [3.63, 3.8) is 0 Å². The summed E-state index contributed by atoms with van der Waals surface area (Å²) in [6.07, 6.45) is -10.5. The van der Waals surface area contributed by atoms with Crippen LogP contribution in [0.1, 0.15) is 0 Å². The van der Waals surface area contributed by atoms with Gasteiger partial charge in [-0.05, 0) is 0 Å². The monoisotopic (exact) mass is 340 g/mol. The van der Waals surface area contributed by atoms with Gasteiger partial charge in [-0.3, -0.25) is 0 Å². The van der Waals surface area contributed by atoms with Crippen molar-refractivity contribution in [2.24, 2.45) is 11.5 Å². The van der Waals surface area contributed by atoms with Crippen molar-refractivity contribution in [3.8, 4) is 0 Å². The summed E-state index contributed by atoms with van der Waals surface area (Å²) in [6, 6.07) is -2.37. The Bertz CT molecular complexity index is 386. The molecule has 1 unspecified atom stereocenters. The van der Waals surface area contributed by atoms with Crippen LogP contribution in [0.2, 0.25) is 0 Å². The van der Waals surface area contributed by atoms with Crippen molar-refractivity contribution in [1.82, 2.24) is 0 Å². The van der Waals surface area contributed by atoms with E-state index in [9.17, 15) is 25.5 Å². The minimum absolute atomic E-state index is 0.581. The Kier molecular flexibility index (Phi) is 6.27. The molecule has 0 aromatic carbocycles. The summed E-state index contributed by atoms with van der Waals surface area (Å²) < 4.78 is 15.8. The number of ether oxygens (including phenoxy) is 3. The van der Waals surface area contributed by atoms with Gasteiger partial charge in [0, 0.05) is 0 Å². The van der Waals surface area contributed by atoms with E-state index < -0.39 is 74.5 Å². The molecule has 0 aromatic rings. The molecule has 10 atom stereocenters. The molecule has 0 aromatic heterocycles. The first kappa shape index (κ1) is 18.9. The van der Waals surface area contributed by atoms with Gasteiger partial charge in [-0.25, -0.2) is 0 Å². The second kappa shape index (κ2) is 7.63. The van der Waals surface area contributed by atoms with E-state index >= 15 is 0 Å². The molecule has 23 heavy (non-hydrogen) atoms. The molecule has 2 fully saturated rings. The molecule has 2 heterocycles. The maximum Gasteiger partial charge on any atom is 0.176 e. The first-order valence-corrected chi connectivity index (χ1v) is 7.23. The van der Waals surface area contributed by atoms with Gasteiger partial charge in [0.1, 0.15) is 36.6 Å². The van der Waals surface area contributed by atoms with E-state index in [1.165, 1.54) is 0 Å². The summed E-state index contributed by atoms with van der Waals surface area (Å²) in [5.41, 5.74) is 11.3. The topological polar surface area (TPSA) is 201 Å². The highest BCUT2D eigenvalue weighted by Gasteiger charge is 2.49. The molecule has 2 rings (SSSR count). The summed E-state index contributed by atoms with van der Waals surface area (Å²) in [5.74, 6) is 0. The molecule has 10 N–H and O–H groups in total. The summed E-state index contributed by atoms with van der Waals surface area (Å²) in [4.78, 5) is 0. The zero-order valence-corrected chi connectivity index (χ0v) is 12.3. The largest absolute Gasteiger partial charge is 0.394 e. The zero-order chi connectivity index (χ0) is 17.3. The first-order valence-electron chi connectivity index (χ1n) is 7.23. The molecule has 0 saturated carbocycles. The average Bonchev–Trinajstić information content (AvgIpc) is 2.55. The molecular formula is C12H24N2O9. The molecular weight excluding hydrogens is 316 g/mol. The van der Waals surface area contributed by atoms with Crippen LogP contribution < -0.4 is 11.5 Å². The fraction of sp³-hybridized carbons (Fsp3) is 1.00. The predicted octanol–water partition coefficient (Wildman–Crippen LogP) is -5.46. The van der Waals surface area contributed by atoms with Crippen molar-refractivity contribution in [3.05, 3.63) is 0 Å². The van der Waals surface area contributed by atoms with Crippen LogP contribution in [-0.4, -0.2) is 105 Å². The Labute approximate surface area is 132 Å². The minimum Gasteiger partial charge on any atom is -0.394 e. The van der Waals surface area contributed by atoms with Crippen molar-refractivity contribution in [1.29, 1.82) is 0 Å². The Balaban J connectivity index is 2.11. The van der Waals surface area contributed by atoms with Crippen LogP contribution in [0.3, 0.4) is 0 Å². The van der Waals surface area contributed by atoms with Crippen molar-refractivity contribution in [2.75, 3.05) is 13.2 Å². The number of aliphatic hydroxyl groups is 6. The van der Waals surface area contributed by atoms with Gasteiger partial charge in [-0.1, -0.05) is 0 Å². The van der Waals surface area contributed by atoms with Gasteiger partial charge in [0.05, 0.1) is 25.3 Å². The van der Waals surface area contributed by atoms with Crippen LogP contribution in [0.4, 0.5) is 0 Å². The molecule has 2 saturated heterocycles. The normalized spacial score (nSPS) is 51.7. The second-order valence-corrected chi connectivity index (χ2v) is 5.70. The summed E-state index contributed by atoms with van der Waals surface area (Å²) in [6.45, 7) is -1.17. The Hall–Kier alpha value is -0.440. The number of hydrogen-bond donors (Lipinski definition) is 8. The lowest BCUT2D eigenvalue weighted by Crippen LogP contribution is -2.67. The molecule has 136 valence electrons. The molecule has 0 aliphatic carbocycles.